The number of hydrogen-bond donors (Lipinski definition) is 0. The standard InChI is InChI=1S/C23H29FN2O3S/c1-3-26(4-2)30(28,29)22-10-6-8-20(17-22)23(27)25-13-11-18(12-14-25)15-19-7-5-9-21(24)16-19/h5-10,16-18H,3-4,11-15H2,1-2H3. The van der Waals surface area contributed by atoms with Gasteiger partial charge in [-0.15, -0.1) is 0 Å². The van der Waals surface area contributed by atoms with Crippen LogP contribution in [0.1, 0.15) is 42.6 Å². The highest BCUT2D eigenvalue weighted by atomic mass is 32.2. The van der Waals surface area contributed by atoms with E-state index >= 15 is 0 Å². The number of carbonyl (C=O) groups is 1. The van der Waals surface area contributed by atoms with Crippen molar-refractivity contribution in [3.63, 3.8) is 0 Å². The largest absolute Gasteiger partial charge is 0.339 e. The third-order valence-corrected chi connectivity index (χ3v) is 7.79. The molecule has 0 radical (unpaired) electrons. The van der Waals surface area contributed by atoms with E-state index in [2.05, 4.69) is 0 Å². The molecule has 1 fully saturated rings. The molecule has 0 aromatic heterocycles. The van der Waals surface area contributed by atoms with E-state index in [1.54, 1.807) is 43.0 Å². The van der Waals surface area contributed by atoms with Crippen LogP contribution in [0.5, 0.6) is 0 Å². The normalized spacial score (nSPS) is 15.5. The van der Waals surface area contributed by atoms with E-state index in [-0.39, 0.29) is 16.6 Å². The Morgan fingerprint density at radius 3 is 2.37 bits per heavy atom. The Morgan fingerprint density at radius 1 is 1.07 bits per heavy atom. The molecule has 7 heteroatoms. The van der Waals surface area contributed by atoms with E-state index in [1.807, 2.05) is 6.07 Å². The van der Waals surface area contributed by atoms with Gasteiger partial charge in [0.15, 0.2) is 0 Å². The van der Waals surface area contributed by atoms with Crippen LogP contribution in [0.15, 0.2) is 53.4 Å². The van der Waals surface area contributed by atoms with Crippen LogP contribution >= 0.6 is 0 Å². The lowest BCUT2D eigenvalue weighted by atomic mass is 9.90. The molecule has 2 aromatic rings. The summed E-state index contributed by atoms with van der Waals surface area (Å²) in [4.78, 5) is 14.9. The summed E-state index contributed by atoms with van der Waals surface area (Å²) in [6.07, 6.45) is 2.50. The van der Waals surface area contributed by atoms with Crippen molar-refractivity contribution in [2.75, 3.05) is 26.2 Å². The molecular weight excluding hydrogens is 403 g/mol. The summed E-state index contributed by atoms with van der Waals surface area (Å²) in [5.41, 5.74) is 1.38. The minimum absolute atomic E-state index is 0.143. The molecule has 0 unspecified atom stereocenters. The molecule has 1 saturated heterocycles. The van der Waals surface area contributed by atoms with Crippen LogP contribution in [0.25, 0.3) is 0 Å². The van der Waals surface area contributed by atoms with Crippen LogP contribution < -0.4 is 0 Å². The number of sulfonamides is 1. The molecule has 0 N–H and O–H groups in total. The van der Waals surface area contributed by atoms with Crippen molar-refractivity contribution in [1.29, 1.82) is 0 Å². The van der Waals surface area contributed by atoms with Crippen molar-refractivity contribution in [2.24, 2.45) is 5.92 Å². The van der Waals surface area contributed by atoms with E-state index in [0.29, 0.717) is 37.7 Å². The van der Waals surface area contributed by atoms with Crippen LogP contribution in [-0.4, -0.2) is 49.7 Å². The lowest BCUT2D eigenvalue weighted by Crippen LogP contribution is -2.39. The first-order chi connectivity index (χ1) is 14.3. The highest BCUT2D eigenvalue weighted by Crippen LogP contribution is 2.24. The Kier molecular flexibility index (Phi) is 7.26. The van der Waals surface area contributed by atoms with Gasteiger partial charge in [-0.3, -0.25) is 4.79 Å². The Hall–Kier alpha value is -2.25. The molecule has 0 saturated carbocycles. The van der Waals surface area contributed by atoms with Gasteiger partial charge in [-0.2, -0.15) is 4.31 Å². The lowest BCUT2D eigenvalue weighted by Gasteiger charge is -2.32. The first kappa shape index (κ1) is 22.4. The second-order valence-electron chi connectivity index (χ2n) is 7.69. The summed E-state index contributed by atoms with van der Waals surface area (Å²) >= 11 is 0. The maximum Gasteiger partial charge on any atom is 0.253 e. The van der Waals surface area contributed by atoms with E-state index in [1.165, 1.54) is 22.5 Å². The molecule has 1 heterocycles. The van der Waals surface area contributed by atoms with Crippen molar-refractivity contribution in [3.8, 4) is 0 Å². The second-order valence-corrected chi connectivity index (χ2v) is 9.62. The molecule has 0 spiro atoms. The molecule has 1 aliphatic heterocycles. The topological polar surface area (TPSA) is 57.7 Å². The summed E-state index contributed by atoms with van der Waals surface area (Å²) in [6.45, 7) is 5.59. The number of nitrogens with zero attached hydrogens (tertiary/aromatic N) is 2. The number of halogens is 1. The zero-order chi connectivity index (χ0) is 21.7. The van der Waals surface area contributed by atoms with Gasteiger partial charge in [-0.1, -0.05) is 32.0 Å². The van der Waals surface area contributed by atoms with Crippen LogP contribution in [0.2, 0.25) is 0 Å². The van der Waals surface area contributed by atoms with Crippen molar-refractivity contribution < 1.29 is 17.6 Å². The summed E-state index contributed by atoms with van der Waals surface area (Å²) in [5, 5.41) is 0. The third-order valence-electron chi connectivity index (χ3n) is 5.74. The number of likely N-dealkylation sites (tertiary alicyclic amines) is 1. The SMILES string of the molecule is CCN(CC)S(=O)(=O)c1cccc(C(=O)N2CCC(Cc3cccc(F)c3)CC2)c1. The number of hydrogen-bond acceptors (Lipinski definition) is 3. The molecular formula is C23H29FN2O3S. The Morgan fingerprint density at radius 2 is 1.73 bits per heavy atom. The number of carbonyl (C=O) groups excluding carboxylic acids is 1. The van der Waals surface area contributed by atoms with Crippen molar-refractivity contribution in [2.45, 2.75) is 38.0 Å². The number of piperidine rings is 1. The zero-order valence-electron chi connectivity index (χ0n) is 17.6. The molecule has 2 aromatic carbocycles. The molecule has 162 valence electrons. The van der Waals surface area contributed by atoms with Crippen molar-refractivity contribution >= 4 is 15.9 Å². The monoisotopic (exact) mass is 432 g/mol. The quantitative estimate of drug-likeness (QED) is 0.666. The van der Waals surface area contributed by atoms with Gasteiger partial charge in [0.25, 0.3) is 5.91 Å². The second kappa shape index (κ2) is 9.71. The predicted octanol–water partition coefficient (Wildman–Crippen LogP) is 3.95. The van der Waals surface area contributed by atoms with Crippen molar-refractivity contribution in [3.05, 3.63) is 65.5 Å². The van der Waals surface area contributed by atoms with Crippen LogP contribution in [0.3, 0.4) is 0 Å². The third kappa shape index (κ3) is 5.08. The maximum absolute atomic E-state index is 13.4. The van der Waals surface area contributed by atoms with Gasteiger partial charge in [0.05, 0.1) is 4.90 Å². The fraction of sp³-hybridized carbons (Fsp3) is 0.435. The van der Waals surface area contributed by atoms with Gasteiger partial charge in [-0.05, 0) is 61.1 Å². The zero-order valence-corrected chi connectivity index (χ0v) is 18.4. The fourth-order valence-electron chi connectivity index (χ4n) is 4.02. The van der Waals surface area contributed by atoms with Crippen LogP contribution in [0.4, 0.5) is 4.39 Å². The Balaban J connectivity index is 1.65. The number of rotatable bonds is 7. The smallest absolute Gasteiger partial charge is 0.253 e. The Bertz CT molecular complexity index is 981. The number of benzene rings is 2. The molecule has 1 aliphatic rings. The first-order valence-corrected chi connectivity index (χ1v) is 11.9. The summed E-state index contributed by atoms with van der Waals surface area (Å²) in [7, 11) is -3.60. The lowest BCUT2D eigenvalue weighted by molar-refractivity contribution is 0.0690. The number of amides is 1. The van der Waals surface area contributed by atoms with Gasteiger partial charge >= 0.3 is 0 Å². The molecule has 0 atom stereocenters. The van der Waals surface area contributed by atoms with E-state index in [4.69, 9.17) is 0 Å². The fourth-order valence-corrected chi connectivity index (χ4v) is 5.53. The van der Waals surface area contributed by atoms with Crippen LogP contribution in [0, 0.1) is 11.7 Å². The first-order valence-electron chi connectivity index (χ1n) is 10.5. The summed E-state index contributed by atoms with van der Waals surface area (Å²) in [5.74, 6) is 0.0423. The molecule has 5 nitrogen and oxygen atoms in total. The molecule has 3 rings (SSSR count). The highest BCUT2D eigenvalue weighted by Gasteiger charge is 2.26. The minimum Gasteiger partial charge on any atom is -0.339 e. The van der Waals surface area contributed by atoms with Gasteiger partial charge in [0, 0.05) is 31.7 Å². The molecule has 0 bridgehead atoms. The van der Waals surface area contributed by atoms with E-state index in [0.717, 1.165) is 24.8 Å². The molecule has 0 aliphatic carbocycles. The van der Waals surface area contributed by atoms with Gasteiger partial charge < -0.3 is 4.90 Å². The molecule has 30 heavy (non-hydrogen) atoms. The van der Waals surface area contributed by atoms with Gasteiger partial charge in [-0.25, -0.2) is 12.8 Å². The van der Waals surface area contributed by atoms with Crippen molar-refractivity contribution in [1.82, 2.24) is 9.21 Å². The average Bonchev–Trinajstić information content (AvgIpc) is 2.74. The average molecular weight is 433 g/mol. The van der Waals surface area contributed by atoms with E-state index < -0.39 is 10.0 Å². The van der Waals surface area contributed by atoms with Gasteiger partial charge in [0.2, 0.25) is 10.0 Å². The van der Waals surface area contributed by atoms with E-state index in [9.17, 15) is 17.6 Å². The van der Waals surface area contributed by atoms with Crippen LogP contribution in [-0.2, 0) is 16.4 Å². The Labute approximate surface area is 178 Å². The predicted molar refractivity (Wildman–Crippen MR) is 115 cm³/mol. The summed E-state index contributed by atoms with van der Waals surface area (Å²) in [6, 6.07) is 13.0. The van der Waals surface area contributed by atoms with Gasteiger partial charge in [0.1, 0.15) is 5.82 Å². The maximum atomic E-state index is 13.4. The summed E-state index contributed by atoms with van der Waals surface area (Å²) < 4.78 is 40.3. The highest BCUT2D eigenvalue weighted by molar-refractivity contribution is 7.89. The molecule has 1 amide bonds. The minimum atomic E-state index is -3.60.